The maximum absolute atomic E-state index is 12.1. The Morgan fingerprint density at radius 1 is 1.00 bits per heavy atom. The van der Waals surface area contributed by atoms with E-state index in [9.17, 15) is 8.42 Å². The van der Waals surface area contributed by atoms with E-state index in [1.165, 1.54) is 0 Å². The van der Waals surface area contributed by atoms with Crippen molar-refractivity contribution in [3.8, 4) is 0 Å². The zero-order valence-corrected chi connectivity index (χ0v) is 12.3. The molecule has 0 spiro atoms. The number of rotatable bonds is 3. The van der Waals surface area contributed by atoms with Gasteiger partial charge in [-0.1, -0.05) is 17.7 Å². The average Bonchev–Trinajstić information content (AvgIpc) is 2.29. The molecule has 0 bridgehead atoms. The molecule has 2 aromatic rings. The summed E-state index contributed by atoms with van der Waals surface area (Å²) in [7, 11) is -3.56. The maximum atomic E-state index is 12.1. The van der Waals surface area contributed by atoms with Crippen LogP contribution in [-0.2, 0) is 10.0 Å². The Morgan fingerprint density at radius 3 is 2.21 bits per heavy atom. The van der Waals surface area contributed by atoms with E-state index in [0.717, 1.165) is 11.1 Å². The molecule has 0 unspecified atom stereocenters. The first kappa shape index (κ1) is 15.5. The first-order valence-corrected chi connectivity index (χ1v) is 6.98. The Bertz CT molecular complexity index is 655. The molecule has 102 valence electrons. The van der Waals surface area contributed by atoms with Gasteiger partial charge in [-0.05, 0) is 43.7 Å². The first-order chi connectivity index (χ1) is 8.47. The standard InChI is InChI=1S/C13H14N2O2S.ClH/c1-10-3-5-12(6-4-10)18(16,17)15-13-9-11(2)7-8-14-13;/h3-9H,1-2H3,(H,14,15);1H. The third-order valence-corrected chi connectivity index (χ3v) is 3.86. The van der Waals surface area contributed by atoms with Crippen LogP contribution in [0, 0.1) is 13.8 Å². The molecule has 0 saturated carbocycles. The smallest absolute Gasteiger partial charge is 0.263 e. The molecule has 6 heteroatoms. The first-order valence-electron chi connectivity index (χ1n) is 5.49. The SMILES string of the molecule is Cc1ccc(S(=O)(=O)Nc2cc(C)ccn2)cc1.Cl. The summed E-state index contributed by atoms with van der Waals surface area (Å²) in [4.78, 5) is 4.21. The summed E-state index contributed by atoms with van der Waals surface area (Å²) in [6, 6.07) is 10.2. The van der Waals surface area contributed by atoms with Crippen molar-refractivity contribution in [1.29, 1.82) is 0 Å². The van der Waals surface area contributed by atoms with Crippen molar-refractivity contribution in [3.63, 3.8) is 0 Å². The van der Waals surface area contributed by atoms with Crippen LogP contribution in [0.2, 0.25) is 0 Å². The van der Waals surface area contributed by atoms with Gasteiger partial charge >= 0.3 is 0 Å². The molecule has 0 fully saturated rings. The van der Waals surface area contributed by atoms with E-state index in [0.29, 0.717) is 5.82 Å². The highest BCUT2D eigenvalue weighted by Gasteiger charge is 2.14. The number of nitrogens with one attached hydrogen (secondary N) is 1. The van der Waals surface area contributed by atoms with E-state index in [4.69, 9.17) is 0 Å². The Morgan fingerprint density at radius 2 is 1.63 bits per heavy atom. The molecule has 0 aliphatic heterocycles. The summed E-state index contributed by atoms with van der Waals surface area (Å²) in [5.74, 6) is 0.329. The minimum atomic E-state index is -3.56. The van der Waals surface area contributed by atoms with Crippen LogP contribution < -0.4 is 4.72 Å². The number of benzene rings is 1. The highest BCUT2D eigenvalue weighted by molar-refractivity contribution is 7.92. The van der Waals surface area contributed by atoms with Crippen LogP contribution in [0.25, 0.3) is 0 Å². The second kappa shape index (κ2) is 6.04. The van der Waals surface area contributed by atoms with E-state index >= 15 is 0 Å². The largest absolute Gasteiger partial charge is 0.263 e. The van der Waals surface area contributed by atoms with Crippen LogP contribution in [0.4, 0.5) is 5.82 Å². The average molecular weight is 299 g/mol. The zero-order chi connectivity index (χ0) is 13.2. The molecule has 1 aromatic heterocycles. The van der Waals surface area contributed by atoms with Gasteiger partial charge in [0.2, 0.25) is 0 Å². The van der Waals surface area contributed by atoms with Crippen molar-refractivity contribution in [2.75, 3.05) is 4.72 Å². The van der Waals surface area contributed by atoms with E-state index in [1.807, 2.05) is 19.9 Å². The van der Waals surface area contributed by atoms with Gasteiger partial charge in [0.25, 0.3) is 10.0 Å². The Kier molecular flexibility index (Phi) is 4.91. The number of hydrogen-bond donors (Lipinski definition) is 1. The zero-order valence-electron chi connectivity index (χ0n) is 10.6. The predicted molar refractivity (Wildman–Crippen MR) is 78.2 cm³/mol. The van der Waals surface area contributed by atoms with Crippen LogP contribution in [0.1, 0.15) is 11.1 Å². The van der Waals surface area contributed by atoms with Crippen molar-refractivity contribution in [3.05, 3.63) is 53.7 Å². The minimum Gasteiger partial charge on any atom is -0.263 e. The molecule has 0 aliphatic rings. The summed E-state index contributed by atoms with van der Waals surface area (Å²) >= 11 is 0. The van der Waals surface area contributed by atoms with Crippen molar-refractivity contribution in [2.24, 2.45) is 0 Å². The number of hydrogen-bond acceptors (Lipinski definition) is 3. The fourth-order valence-electron chi connectivity index (χ4n) is 1.51. The molecule has 0 atom stereocenters. The van der Waals surface area contributed by atoms with E-state index in [2.05, 4.69) is 9.71 Å². The number of sulfonamides is 1. The molecule has 0 amide bonds. The lowest BCUT2D eigenvalue weighted by atomic mass is 10.2. The number of aryl methyl sites for hydroxylation is 2. The maximum Gasteiger partial charge on any atom is 0.263 e. The van der Waals surface area contributed by atoms with Gasteiger partial charge in [-0.25, -0.2) is 13.4 Å². The van der Waals surface area contributed by atoms with E-state index in [-0.39, 0.29) is 17.3 Å². The van der Waals surface area contributed by atoms with Gasteiger partial charge in [0.05, 0.1) is 4.90 Å². The van der Waals surface area contributed by atoms with E-state index in [1.54, 1.807) is 36.5 Å². The molecule has 2 rings (SSSR count). The molecule has 0 aliphatic carbocycles. The number of pyridine rings is 1. The van der Waals surface area contributed by atoms with Crippen molar-refractivity contribution in [1.82, 2.24) is 4.98 Å². The van der Waals surface area contributed by atoms with Gasteiger partial charge < -0.3 is 0 Å². The summed E-state index contributed by atoms with van der Waals surface area (Å²) in [6.07, 6.45) is 1.57. The number of halogens is 1. The molecule has 1 N–H and O–H groups in total. The topological polar surface area (TPSA) is 59.1 Å². The third kappa shape index (κ3) is 3.94. The second-order valence-corrected chi connectivity index (χ2v) is 5.82. The number of anilines is 1. The monoisotopic (exact) mass is 298 g/mol. The van der Waals surface area contributed by atoms with Crippen molar-refractivity contribution >= 4 is 28.2 Å². The molecule has 0 saturated heterocycles. The predicted octanol–water partition coefficient (Wildman–Crippen LogP) is 2.92. The summed E-state index contributed by atoms with van der Waals surface area (Å²) in [6.45, 7) is 3.79. The second-order valence-electron chi connectivity index (χ2n) is 4.14. The lowest BCUT2D eigenvalue weighted by Gasteiger charge is -2.07. The van der Waals surface area contributed by atoms with Gasteiger partial charge in [-0.2, -0.15) is 0 Å². The molecule has 19 heavy (non-hydrogen) atoms. The van der Waals surface area contributed by atoms with Gasteiger partial charge in [0, 0.05) is 6.20 Å². The van der Waals surface area contributed by atoms with Crippen LogP contribution in [0.5, 0.6) is 0 Å². The fraction of sp³-hybridized carbons (Fsp3) is 0.154. The lowest BCUT2D eigenvalue weighted by molar-refractivity contribution is 0.601. The highest BCUT2D eigenvalue weighted by Crippen LogP contribution is 2.15. The Balaban J connectivity index is 0.00000180. The Hall–Kier alpha value is -1.59. The minimum absolute atomic E-state index is 0. The van der Waals surface area contributed by atoms with Crippen LogP contribution in [0.15, 0.2) is 47.5 Å². The summed E-state index contributed by atoms with van der Waals surface area (Å²) in [5, 5.41) is 0. The van der Waals surface area contributed by atoms with Crippen molar-refractivity contribution in [2.45, 2.75) is 18.7 Å². The fourth-order valence-corrected chi connectivity index (χ4v) is 2.51. The summed E-state index contributed by atoms with van der Waals surface area (Å²) < 4.78 is 26.6. The van der Waals surface area contributed by atoms with E-state index < -0.39 is 10.0 Å². The highest BCUT2D eigenvalue weighted by atomic mass is 35.5. The molecule has 1 heterocycles. The molecule has 0 radical (unpaired) electrons. The van der Waals surface area contributed by atoms with Gasteiger partial charge in [-0.3, -0.25) is 4.72 Å². The van der Waals surface area contributed by atoms with Crippen LogP contribution in [-0.4, -0.2) is 13.4 Å². The summed E-state index contributed by atoms with van der Waals surface area (Å²) in [5.41, 5.74) is 1.97. The van der Waals surface area contributed by atoms with Crippen LogP contribution in [0.3, 0.4) is 0 Å². The van der Waals surface area contributed by atoms with Crippen molar-refractivity contribution < 1.29 is 8.42 Å². The lowest BCUT2D eigenvalue weighted by Crippen LogP contribution is -2.13. The molecule has 1 aromatic carbocycles. The number of nitrogens with zero attached hydrogens (tertiary/aromatic N) is 1. The molecular weight excluding hydrogens is 284 g/mol. The van der Waals surface area contributed by atoms with Gasteiger partial charge in [0.1, 0.15) is 5.82 Å². The third-order valence-electron chi connectivity index (χ3n) is 2.49. The number of aromatic nitrogens is 1. The quantitative estimate of drug-likeness (QED) is 0.948. The van der Waals surface area contributed by atoms with Gasteiger partial charge in [-0.15, -0.1) is 12.4 Å². The Labute approximate surface area is 119 Å². The van der Waals surface area contributed by atoms with Crippen LogP contribution >= 0.6 is 12.4 Å². The normalized spacial score (nSPS) is 10.6. The molecule has 4 nitrogen and oxygen atoms in total. The van der Waals surface area contributed by atoms with Gasteiger partial charge in [0.15, 0.2) is 0 Å². The molecular formula is C13H15ClN2O2S.